The van der Waals surface area contributed by atoms with Crippen LogP contribution >= 0.6 is 0 Å². The molecule has 0 fully saturated rings. The first-order valence-electron chi connectivity index (χ1n) is 15.1. The third-order valence-corrected chi connectivity index (χ3v) is 9.50. The first kappa shape index (κ1) is 29.8. The lowest BCUT2D eigenvalue weighted by Crippen LogP contribution is -2.33. The highest BCUT2D eigenvalue weighted by molar-refractivity contribution is 5.78. The molecule has 1 heteroatoms. The molecular formula is C37H51N. The Morgan fingerprint density at radius 2 is 1.26 bits per heavy atom. The van der Waals surface area contributed by atoms with Crippen molar-refractivity contribution in [3.05, 3.63) is 96.1 Å². The monoisotopic (exact) mass is 509 g/mol. The van der Waals surface area contributed by atoms with E-state index in [0.29, 0.717) is 5.92 Å². The van der Waals surface area contributed by atoms with Gasteiger partial charge in [0.2, 0.25) is 0 Å². The van der Waals surface area contributed by atoms with Crippen molar-refractivity contribution in [3.8, 4) is 0 Å². The number of benzene rings is 3. The number of anilines is 3. The van der Waals surface area contributed by atoms with Crippen molar-refractivity contribution in [1.29, 1.82) is 0 Å². The Morgan fingerprint density at radius 1 is 0.711 bits per heavy atom. The van der Waals surface area contributed by atoms with E-state index in [9.17, 15) is 0 Å². The van der Waals surface area contributed by atoms with E-state index in [1.54, 1.807) is 0 Å². The van der Waals surface area contributed by atoms with E-state index < -0.39 is 0 Å². The molecule has 1 atom stereocenters. The number of hydrogen-bond acceptors (Lipinski definition) is 1. The predicted octanol–water partition coefficient (Wildman–Crippen LogP) is 11.8. The van der Waals surface area contributed by atoms with Gasteiger partial charge in [-0.25, -0.2) is 0 Å². The van der Waals surface area contributed by atoms with Gasteiger partial charge >= 0.3 is 0 Å². The number of hydrogen-bond donors (Lipinski definition) is 0. The van der Waals surface area contributed by atoms with Gasteiger partial charge in [-0.15, -0.1) is 0 Å². The average Bonchev–Trinajstić information content (AvgIpc) is 2.97. The molecule has 3 aromatic rings. The van der Waals surface area contributed by atoms with Crippen LogP contribution in [0.4, 0.5) is 17.1 Å². The quantitative estimate of drug-likeness (QED) is 0.209. The smallest absolute Gasteiger partial charge is 0.0467 e. The average molecular weight is 510 g/mol. The third-order valence-electron chi connectivity index (χ3n) is 9.50. The van der Waals surface area contributed by atoms with Crippen molar-refractivity contribution >= 4 is 23.1 Å². The van der Waals surface area contributed by atoms with E-state index in [4.69, 9.17) is 0 Å². The molecule has 3 aromatic carbocycles. The molecule has 1 unspecified atom stereocenters. The normalized spacial score (nSPS) is 13.4. The topological polar surface area (TPSA) is 3.24 Å². The van der Waals surface area contributed by atoms with Crippen LogP contribution in [0.5, 0.6) is 0 Å². The van der Waals surface area contributed by atoms with Gasteiger partial charge in [0.15, 0.2) is 0 Å². The first-order chi connectivity index (χ1) is 18.4. The summed E-state index contributed by atoms with van der Waals surface area (Å²) in [7, 11) is 0. The van der Waals surface area contributed by atoms with Crippen LogP contribution in [0.2, 0.25) is 0 Å². The van der Waals surface area contributed by atoms with Gasteiger partial charge in [-0.1, -0.05) is 117 Å². The molecule has 1 nitrogen and oxygen atoms in total. The molecule has 0 spiro atoms. The summed E-state index contributed by atoms with van der Waals surface area (Å²) < 4.78 is 0. The second-order valence-corrected chi connectivity index (χ2v) is 11.3. The molecule has 204 valence electrons. The van der Waals surface area contributed by atoms with Crippen LogP contribution in [-0.4, -0.2) is 0 Å². The molecule has 0 aromatic heterocycles. The summed E-state index contributed by atoms with van der Waals surface area (Å²) in [6.07, 6.45) is 10.3. The largest absolute Gasteiger partial charge is 0.310 e. The van der Waals surface area contributed by atoms with Crippen LogP contribution < -0.4 is 4.90 Å². The molecule has 0 saturated heterocycles. The van der Waals surface area contributed by atoms with Crippen LogP contribution in [0.1, 0.15) is 110 Å². The Balaban J connectivity index is 2.10. The van der Waals surface area contributed by atoms with Crippen molar-refractivity contribution in [2.24, 2.45) is 5.92 Å². The first-order valence-corrected chi connectivity index (χ1v) is 15.1. The molecule has 0 aliphatic rings. The molecule has 0 saturated carbocycles. The van der Waals surface area contributed by atoms with Crippen LogP contribution in [-0.2, 0) is 10.8 Å². The Labute approximate surface area is 234 Å². The van der Waals surface area contributed by atoms with E-state index in [2.05, 4.69) is 133 Å². The van der Waals surface area contributed by atoms with Crippen LogP contribution in [0, 0.1) is 5.92 Å². The fraction of sp³-hybridized carbons (Fsp3) is 0.459. The van der Waals surface area contributed by atoms with E-state index in [1.165, 1.54) is 61.0 Å². The van der Waals surface area contributed by atoms with Crippen molar-refractivity contribution in [2.45, 2.75) is 104 Å². The summed E-state index contributed by atoms with van der Waals surface area (Å²) in [6, 6.07) is 27.4. The van der Waals surface area contributed by atoms with Gasteiger partial charge in [-0.3, -0.25) is 0 Å². The lowest BCUT2D eigenvalue weighted by atomic mass is 9.65. The highest BCUT2D eigenvalue weighted by Crippen LogP contribution is 2.44. The minimum atomic E-state index is 0.223. The van der Waals surface area contributed by atoms with Crippen molar-refractivity contribution < 1.29 is 0 Å². The van der Waals surface area contributed by atoms with Gasteiger partial charge in [-0.05, 0) is 95.5 Å². The highest BCUT2D eigenvalue weighted by atomic mass is 15.1. The Hall–Kier alpha value is -2.80. The van der Waals surface area contributed by atoms with E-state index in [-0.39, 0.29) is 10.8 Å². The zero-order chi connectivity index (χ0) is 27.8. The van der Waals surface area contributed by atoms with Crippen molar-refractivity contribution in [3.63, 3.8) is 0 Å². The second kappa shape index (κ2) is 13.3. The summed E-state index contributed by atoms with van der Waals surface area (Å²) >= 11 is 0. The molecule has 3 rings (SSSR count). The summed E-state index contributed by atoms with van der Waals surface area (Å²) in [5.74, 6) is 0.701. The third kappa shape index (κ3) is 5.93. The molecule has 0 bridgehead atoms. The summed E-state index contributed by atoms with van der Waals surface area (Å²) in [5, 5.41) is 0. The van der Waals surface area contributed by atoms with Gasteiger partial charge in [0.05, 0.1) is 0 Å². The zero-order valence-electron chi connectivity index (χ0n) is 25.2. The molecule has 0 N–H and O–H groups in total. The highest BCUT2D eigenvalue weighted by Gasteiger charge is 2.35. The number of rotatable bonds is 14. The minimum Gasteiger partial charge on any atom is -0.310 e. The van der Waals surface area contributed by atoms with Gasteiger partial charge < -0.3 is 4.90 Å². The molecule has 0 aliphatic carbocycles. The van der Waals surface area contributed by atoms with Gasteiger partial charge in [0.1, 0.15) is 0 Å². The van der Waals surface area contributed by atoms with Crippen LogP contribution in [0.25, 0.3) is 6.08 Å². The van der Waals surface area contributed by atoms with Crippen molar-refractivity contribution in [2.75, 3.05) is 4.90 Å². The molecule has 38 heavy (non-hydrogen) atoms. The maximum Gasteiger partial charge on any atom is 0.0467 e. The van der Waals surface area contributed by atoms with E-state index in [0.717, 1.165) is 17.7 Å². The van der Waals surface area contributed by atoms with E-state index in [1.807, 2.05) is 6.08 Å². The van der Waals surface area contributed by atoms with Gasteiger partial charge in [0, 0.05) is 17.1 Å². The maximum absolute atomic E-state index is 4.01. The zero-order valence-corrected chi connectivity index (χ0v) is 25.2. The standard InChI is InChI=1S/C37H51N/c1-9-27-36(8,13-5)31-19-23-33(24-20-31)38(35-18-16-17-29(10-2)28-35)34-25-21-32(22-26-34)37(14-6,15-7)30(11-3)12-4/h10,16-26,28,30H,2,9,11-15,27H2,1,3-8H3. The summed E-state index contributed by atoms with van der Waals surface area (Å²) in [5.41, 5.74) is 8.05. The van der Waals surface area contributed by atoms with Crippen LogP contribution in [0.15, 0.2) is 79.4 Å². The Morgan fingerprint density at radius 3 is 1.71 bits per heavy atom. The molecule has 0 heterocycles. The van der Waals surface area contributed by atoms with E-state index >= 15 is 0 Å². The summed E-state index contributed by atoms with van der Waals surface area (Å²) in [6.45, 7) is 20.5. The molecule has 0 radical (unpaired) electrons. The van der Waals surface area contributed by atoms with Gasteiger partial charge in [-0.2, -0.15) is 0 Å². The lowest BCUT2D eigenvalue weighted by molar-refractivity contribution is 0.231. The number of nitrogens with zero attached hydrogens (tertiary/aromatic N) is 1. The fourth-order valence-electron chi connectivity index (χ4n) is 6.81. The SMILES string of the molecule is C=Cc1cccc(N(c2ccc(C(C)(CC)CCC)cc2)c2ccc(C(CC)(CC)C(CC)CC)cc2)c1. The minimum absolute atomic E-state index is 0.223. The second-order valence-electron chi connectivity index (χ2n) is 11.3. The predicted molar refractivity (Wildman–Crippen MR) is 170 cm³/mol. The van der Waals surface area contributed by atoms with Gasteiger partial charge in [0.25, 0.3) is 0 Å². The van der Waals surface area contributed by atoms with Crippen molar-refractivity contribution in [1.82, 2.24) is 0 Å². The lowest BCUT2D eigenvalue weighted by Gasteiger charge is -2.40. The maximum atomic E-state index is 4.01. The summed E-state index contributed by atoms with van der Waals surface area (Å²) in [4.78, 5) is 2.39. The molecular weight excluding hydrogens is 458 g/mol. The fourth-order valence-corrected chi connectivity index (χ4v) is 6.81. The Bertz CT molecular complexity index is 1130. The Kier molecular flexibility index (Phi) is 10.4. The molecule has 0 amide bonds. The molecule has 0 aliphatic heterocycles. The van der Waals surface area contributed by atoms with Crippen LogP contribution in [0.3, 0.4) is 0 Å².